The van der Waals surface area contributed by atoms with Gasteiger partial charge in [-0.2, -0.15) is 0 Å². The molecule has 6 heteroatoms. The van der Waals surface area contributed by atoms with Crippen molar-refractivity contribution in [2.75, 3.05) is 26.2 Å². The number of halogens is 1. The summed E-state index contributed by atoms with van der Waals surface area (Å²) in [5, 5.41) is 10.5. The minimum Gasteiger partial charge on any atom is -1.00 e. The Labute approximate surface area is 142 Å². The maximum Gasteiger partial charge on any atom is 0.308 e. The third-order valence-corrected chi connectivity index (χ3v) is 5.54. The van der Waals surface area contributed by atoms with Gasteiger partial charge in [-0.1, -0.05) is 23.5 Å². The van der Waals surface area contributed by atoms with Crippen LogP contribution >= 0.6 is 11.3 Å². The van der Waals surface area contributed by atoms with Gasteiger partial charge in [0.1, 0.15) is 12.6 Å². The molecule has 2 aromatic rings. The van der Waals surface area contributed by atoms with E-state index in [9.17, 15) is 9.90 Å². The largest absolute Gasteiger partial charge is 1.00 e. The zero-order chi connectivity index (χ0) is 15.5. The standard InChI is InChI=1S/C16H25N2O2S.ClH/c1-4-18(5-2,6-3)12-13(19)11-17-14-9-7-8-10-15(14)21-16(17)20;/h7-10,13,19H,4-6,11-12H2,1-3H3;1H/q+1;/p-1. The van der Waals surface area contributed by atoms with E-state index in [1.807, 2.05) is 24.3 Å². The maximum absolute atomic E-state index is 12.1. The van der Waals surface area contributed by atoms with Crippen molar-refractivity contribution < 1.29 is 22.0 Å². The number of rotatable bonds is 7. The molecule has 2 rings (SSSR count). The minimum absolute atomic E-state index is 0. The van der Waals surface area contributed by atoms with Gasteiger partial charge in [-0.05, 0) is 32.9 Å². The molecule has 124 valence electrons. The van der Waals surface area contributed by atoms with Crippen LogP contribution in [0.4, 0.5) is 0 Å². The lowest BCUT2D eigenvalue weighted by atomic mass is 10.2. The molecule has 0 radical (unpaired) electrons. The van der Waals surface area contributed by atoms with Crippen LogP contribution in [0.3, 0.4) is 0 Å². The number of aliphatic hydroxyl groups is 1. The van der Waals surface area contributed by atoms with Gasteiger partial charge in [-0.25, -0.2) is 0 Å². The molecule has 1 aromatic heterocycles. The van der Waals surface area contributed by atoms with Gasteiger partial charge in [0.25, 0.3) is 0 Å². The predicted molar refractivity (Wildman–Crippen MR) is 88.8 cm³/mol. The summed E-state index contributed by atoms with van der Waals surface area (Å²) in [4.78, 5) is 12.1. The number of benzene rings is 1. The van der Waals surface area contributed by atoms with E-state index in [2.05, 4.69) is 20.8 Å². The summed E-state index contributed by atoms with van der Waals surface area (Å²) in [6.45, 7) is 10.6. The summed E-state index contributed by atoms with van der Waals surface area (Å²) in [5.74, 6) is 0. The van der Waals surface area contributed by atoms with E-state index >= 15 is 0 Å². The number of hydrogen-bond acceptors (Lipinski definition) is 3. The molecule has 1 atom stereocenters. The number of fused-ring (bicyclic) bond motifs is 1. The number of hydrogen-bond donors (Lipinski definition) is 1. The SMILES string of the molecule is CC[N+](CC)(CC)CC(O)Cn1c(=O)sc2ccccc21.[Cl-]. The molecule has 22 heavy (non-hydrogen) atoms. The van der Waals surface area contributed by atoms with Crippen molar-refractivity contribution in [1.82, 2.24) is 4.57 Å². The quantitative estimate of drug-likeness (QED) is 0.675. The highest BCUT2D eigenvalue weighted by Gasteiger charge is 2.25. The van der Waals surface area contributed by atoms with E-state index < -0.39 is 6.10 Å². The number of thiazole rings is 1. The fourth-order valence-electron chi connectivity index (χ4n) is 2.96. The fraction of sp³-hybridized carbons (Fsp3) is 0.562. The monoisotopic (exact) mass is 344 g/mol. The number of aromatic nitrogens is 1. The molecule has 1 aromatic carbocycles. The van der Waals surface area contributed by atoms with Crippen molar-refractivity contribution in [1.29, 1.82) is 0 Å². The van der Waals surface area contributed by atoms with E-state index in [0.717, 1.165) is 34.3 Å². The molecule has 1 unspecified atom stereocenters. The smallest absolute Gasteiger partial charge is 0.308 e. The van der Waals surface area contributed by atoms with Gasteiger partial charge in [-0.15, -0.1) is 0 Å². The maximum atomic E-state index is 12.1. The van der Waals surface area contributed by atoms with E-state index in [4.69, 9.17) is 0 Å². The number of likely N-dealkylation sites (N-methyl/N-ethyl adjacent to an activating group) is 1. The van der Waals surface area contributed by atoms with Crippen molar-refractivity contribution in [2.24, 2.45) is 0 Å². The van der Waals surface area contributed by atoms with E-state index in [1.54, 1.807) is 4.57 Å². The van der Waals surface area contributed by atoms with Crippen LogP contribution in [0.15, 0.2) is 29.1 Å². The van der Waals surface area contributed by atoms with Gasteiger partial charge in [0.2, 0.25) is 0 Å². The lowest BCUT2D eigenvalue weighted by molar-refractivity contribution is -0.926. The Hall–Kier alpha value is -0.880. The molecule has 0 aliphatic carbocycles. The Morgan fingerprint density at radius 1 is 1.18 bits per heavy atom. The first-order chi connectivity index (χ1) is 10.0. The normalized spacial score (nSPS) is 13.1. The van der Waals surface area contributed by atoms with E-state index in [1.165, 1.54) is 11.3 Å². The van der Waals surface area contributed by atoms with Crippen molar-refractivity contribution in [3.05, 3.63) is 33.9 Å². The first-order valence-corrected chi connectivity index (χ1v) is 8.48. The van der Waals surface area contributed by atoms with Crippen molar-refractivity contribution >= 4 is 21.6 Å². The van der Waals surface area contributed by atoms with Crippen LogP contribution in [0.1, 0.15) is 20.8 Å². The number of aliphatic hydroxyl groups excluding tert-OH is 1. The van der Waals surface area contributed by atoms with Gasteiger partial charge in [0, 0.05) is 0 Å². The van der Waals surface area contributed by atoms with Crippen LogP contribution in [0.2, 0.25) is 0 Å². The molecular weight excluding hydrogens is 320 g/mol. The second kappa shape index (κ2) is 8.11. The molecule has 1 N–H and O–H groups in total. The zero-order valence-corrected chi connectivity index (χ0v) is 15.0. The first-order valence-electron chi connectivity index (χ1n) is 7.66. The second-order valence-corrected chi connectivity index (χ2v) is 6.57. The number of quaternary nitrogens is 1. The van der Waals surface area contributed by atoms with Crippen LogP contribution in [-0.2, 0) is 6.54 Å². The molecule has 4 nitrogen and oxygen atoms in total. The molecule has 0 spiro atoms. The first kappa shape index (κ1) is 19.2. The summed E-state index contributed by atoms with van der Waals surface area (Å²) < 4.78 is 3.58. The highest BCUT2D eigenvalue weighted by molar-refractivity contribution is 7.16. The summed E-state index contributed by atoms with van der Waals surface area (Å²) >= 11 is 1.25. The van der Waals surface area contributed by atoms with Gasteiger partial charge >= 0.3 is 4.87 Å². The summed E-state index contributed by atoms with van der Waals surface area (Å²) in [7, 11) is 0. The van der Waals surface area contributed by atoms with Gasteiger partial charge in [0.15, 0.2) is 0 Å². The second-order valence-electron chi connectivity index (χ2n) is 5.57. The van der Waals surface area contributed by atoms with Crippen molar-refractivity contribution in [3.8, 4) is 0 Å². The Morgan fingerprint density at radius 3 is 2.36 bits per heavy atom. The summed E-state index contributed by atoms with van der Waals surface area (Å²) in [6.07, 6.45) is -0.499. The summed E-state index contributed by atoms with van der Waals surface area (Å²) in [6, 6.07) is 7.77. The Morgan fingerprint density at radius 2 is 1.77 bits per heavy atom. The highest BCUT2D eigenvalue weighted by atomic mass is 35.5. The Balaban J connectivity index is 0.00000242. The van der Waals surface area contributed by atoms with Gasteiger partial charge in [-0.3, -0.25) is 9.36 Å². The van der Waals surface area contributed by atoms with Crippen LogP contribution in [0.5, 0.6) is 0 Å². The van der Waals surface area contributed by atoms with Gasteiger partial charge in [0.05, 0.1) is 36.4 Å². The molecule has 0 aliphatic heterocycles. The Kier molecular flexibility index (Phi) is 7.06. The van der Waals surface area contributed by atoms with E-state index in [0.29, 0.717) is 13.1 Å². The zero-order valence-electron chi connectivity index (χ0n) is 13.5. The fourth-order valence-corrected chi connectivity index (χ4v) is 3.86. The van der Waals surface area contributed by atoms with Gasteiger partial charge < -0.3 is 22.0 Å². The molecule has 0 amide bonds. The molecule has 0 saturated carbocycles. The molecule has 0 bridgehead atoms. The molecule has 0 fully saturated rings. The molecule has 0 aliphatic rings. The average Bonchev–Trinajstić information content (AvgIpc) is 2.81. The molecule has 1 heterocycles. The number of para-hydroxylation sites is 1. The topological polar surface area (TPSA) is 42.2 Å². The third-order valence-electron chi connectivity index (χ3n) is 4.58. The predicted octanol–water partition coefficient (Wildman–Crippen LogP) is -0.696. The van der Waals surface area contributed by atoms with Crippen molar-refractivity contribution in [3.63, 3.8) is 0 Å². The minimum atomic E-state index is -0.499. The van der Waals surface area contributed by atoms with Crippen LogP contribution in [0.25, 0.3) is 10.2 Å². The van der Waals surface area contributed by atoms with Crippen molar-refractivity contribution in [2.45, 2.75) is 33.4 Å². The third kappa shape index (κ3) is 3.90. The van der Waals surface area contributed by atoms with E-state index in [-0.39, 0.29) is 17.3 Å². The van der Waals surface area contributed by atoms with Crippen LogP contribution in [0, 0.1) is 0 Å². The lowest BCUT2D eigenvalue weighted by Crippen LogP contribution is -3.00. The average molecular weight is 345 g/mol. The highest BCUT2D eigenvalue weighted by Crippen LogP contribution is 2.17. The Bertz CT molecular complexity index is 641. The van der Waals surface area contributed by atoms with Crippen LogP contribution < -0.4 is 17.3 Å². The number of nitrogens with zero attached hydrogens (tertiary/aromatic N) is 2. The molecular formula is C16H25ClN2O2S. The molecule has 0 saturated heterocycles. The summed E-state index contributed by atoms with van der Waals surface area (Å²) in [5.41, 5.74) is 0.925. The van der Waals surface area contributed by atoms with Crippen LogP contribution in [-0.4, -0.2) is 46.4 Å². The lowest BCUT2D eigenvalue weighted by Gasteiger charge is -2.37.